The zero-order chi connectivity index (χ0) is 14.5. The molecule has 3 aromatic rings. The second-order valence-corrected chi connectivity index (χ2v) is 5.78. The first-order chi connectivity index (χ1) is 10.4. The van der Waals surface area contributed by atoms with Crippen LogP contribution in [0.25, 0.3) is 10.8 Å². The number of ether oxygens (including phenoxy) is 1. The SMILES string of the molecule is ONCCC(Oc1cccc2ccccc12)c1cccs1. The van der Waals surface area contributed by atoms with Crippen LogP contribution in [-0.2, 0) is 0 Å². The van der Waals surface area contributed by atoms with E-state index in [-0.39, 0.29) is 6.10 Å². The molecule has 3 rings (SSSR count). The molecule has 21 heavy (non-hydrogen) atoms. The smallest absolute Gasteiger partial charge is 0.134 e. The molecule has 1 heterocycles. The molecule has 4 heteroatoms. The Morgan fingerprint density at radius 3 is 2.71 bits per heavy atom. The van der Waals surface area contributed by atoms with Gasteiger partial charge in [0.1, 0.15) is 11.9 Å². The lowest BCUT2D eigenvalue weighted by Gasteiger charge is -2.19. The van der Waals surface area contributed by atoms with Gasteiger partial charge in [-0.3, -0.25) is 0 Å². The second kappa shape index (κ2) is 6.72. The molecule has 1 atom stereocenters. The van der Waals surface area contributed by atoms with E-state index in [1.54, 1.807) is 11.3 Å². The number of thiophene rings is 1. The van der Waals surface area contributed by atoms with Gasteiger partial charge in [-0.05, 0) is 22.9 Å². The van der Waals surface area contributed by atoms with E-state index in [0.29, 0.717) is 13.0 Å². The average Bonchev–Trinajstić information content (AvgIpc) is 3.06. The van der Waals surface area contributed by atoms with Crippen molar-refractivity contribution in [3.63, 3.8) is 0 Å². The summed E-state index contributed by atoms with van der Waals surface area (Å²) in [6.07, 6.45) is 0.649. The average molecular weight is 299 g/mol. The molecule has 0 aliphatic heterocycles. The molecule has 0 aliphatic rings. The van der Waals surface area contributed by atoms with Crippen molar-refractivity contribution < 1.29 is 9.94 Å². The van der Waals surface area contributed by atoms with Gasteiger partial charge in [0, 0.05) is 23.2 Å². The summed E-state index contributed by atoms with van der Waals surface area (Å²) >= 11 is 1.67. The summed E-state index contributed by atoms with van der Waals surface area (Å²) in [5.74, 6) is 0.879. The highest BCUT2D eigenvalue weighted by molar-refractivity contribution is 7.10. The van der Waals surface area contributed by atoms with E-state index in [1.165, 1.54) is 5.39 Å². The Hall–Kier alpha value is -1.88. The summed E-state index contributed by atoms with van der Waals surface area (Å²) in [7, 11) is 0. The molecule has 0 fully saturated rings. The Balaban J connectivity index is 1.90. The van der Waals surface area contributed by atoms with Crippen LogP contribution in [0.3, 0.4) is 0 Å². The number of rotatable bonds is 6. The van der Waals surface area contributed by atoms with Crippen LogP contribution < -0.4 is 10.2 Å². The highest BCUT2D eigenvalue weighted by atomic mass is 32.1. The number of fused-ring (bicyclic) bond motifs is 1. The second-order valence-electron chi connectivity index (χ2n) is 4.80. The minimum absolute atomic E-state index is 0.0598. The van der Waals surface area contributed by atoms with Gasteiger partial charge < -0.3 is 9.94 Å². The maximum absolute atomic E-state index is 8.85. The van der Waals surface area contributed by atoms with Crippen LogP contribution in [0, 0.1) is 0 Å². The van der Waals surface area contributed by atoms with Gasteiger partial charge in [0.15, 0.2) is 0 Å². The Labute approximate surface area is 127 Å². The van der Waals surface area contributed by atoms with Crippen molar-refractivity contribution in [3.8, 4) is 5.75 Å². The Bertz CT molecular complexity index is 692. The van der Waals surface area contributed by atoms with Crippen molar-refractivity contribution in [2.24, 2.45) is 0 Å². The lowest BCUT2D eigenvalue weighted by Crippen LogP contribution is -2.16. The summed E-state index contributed by atoms with van der Waals surface area (Å²) in [6.45, 7) is 0.493. The van der Waals surface area contributed by atoms with Crippen LogP contribution in [-0.4, -0.2) is 11.8 Å². The van der Waals surface area contributed by atoms with E-state index in [1.807, 2.05) is 35.7 Å². The monoisotopic (exact) mass is 299 g/mol. The third kappa shape index (κ3) is 3.24. The van der Waals surface area contributed by atoms with E-state index in [4.69, 9.17) is 9.94 Å². The summed E-state index contributed by atoms with van der Waals surface area (Å²) in [5.41, 5.74) is 2.21. The molecular formula is C17H17NO2S. The van der Waals surface area contributed by atoms with Crippen LogP contribution in [0.4, 0.5) is 0 Å². The van der Waals surface area contributed by atoms with Gasteiger partial charge in [-0.1, -0.05) is 42.5 Å². The van der Waals surface area contributed by atoms with Gasteiger partial charge >= 0.3 is 0 Å². The van der Waals surface area contributed by atoms with Crippen molar-refractivity contribution in [2.45, 2.75) is 12.5 Å². The predicted molar refractivity (Wildman–Crippen MR) is 86.0 cm³/mol. The lowest BCUT2D eigenvalue weighted by molar-refractivity contribution is 0.135. The number of hydroxylamine groups is 1. The topological polar surface area (TPSA) is 41.5 Å². The molecule has 1 aromatic heterocycles. The zero-order valence-corrected chi connectivity index (χ0v) is 12.3. The van der Waals surface area contributed by atoms with Gasteiger partial charge in [-0.25, -0.2) is 5.48 Å². The van der Waals surface area contributed by atoms with E-state index >= 15 is 0 Å². The number of hydrogen-bond acceptors (Lipinski definition) is 4. The fourth-order valence-electron chi connectivity index (χ4n) is 2.38. The lowest BCUT2D eigenvalue weighted by atomic mass is 10.1. The third-order valence-electron chi connectivity index (χ3n) is 3.40. The number of nitrogens with one attached hydrogen (secondary N) is 1. The third-order valence-corrected chi connectivity index (χ3v) is 4.36. The van der Waals surface area contributed by atoms with Gasteiger partial charge in [-0.15, -0.1) is 11.3 Å². The molecule has 2 N–H and O–H groups in total. The first-order valence-electron chi connectivity index (χ1n) is 6.93. The van der Waals surface area contributed by atoms with E-state index < -0.39 is 0 Å². The van der Waals surface area contributed by atoms with Crippen molar-refractivity contribution in [1.82, 2.24) is 5.48 Å². The first-order valence-corrected chi connectivity index (χ1v) is 7.81. The fraction of sp³-hybridized carbons (Fsp3) is 0.176. The zero-order valence-electron chi connectivity index (χ0n) is 11.5. The Kier molecular flexibility index (Phi) is 4.50. The van der Waals surface area contributed by atoms with Crippen LogP contribution in [0.2, 0.25) is 0 Å². The van der Waals surface area contributed by atoms with Crippen molar-refractivity contribution in [3.05, 3.63) is 64.9 Å². The molecular weight excluding hydrogens is 282 g/mol. The minimum atomic E-state index is -0.0598. The largest absolute Gasteiger partial charge is 0.484 e. The van der Waals surface area contributed by atoms with E-state index in [9.17, 15) is 0 Å². The minimum Gasteiger partial charge on any atom is -0.484 e. The molecule has 108 valence electrons. The van der Waals surface area contributed by atoms with Crippen molar-refractivity contribution in [1.29, 1.82) is 0 Å². The molecule has 2 aromatic carbocycles. The van der Waals surface area contributed by atoms with Crippen LogP contribution in [0.5, 0.6) is 5.75 Å². The molecule has 1 unspecified atom stereocenters. The number of benzene rings is 2. The van der Waals surface area contributed by atoms with E-state index in [0.717, 1.165) is 16.0 Å². The van der Waals surface area contributed by atoms with Gasteiger partial charge in [0.05, 0.1) is 0 Å². The molecule has 0 saturated heterocycles. The van der Waals surface area contributed by atoms with Crippen molar-refractivity contribution in [2.75, 3.05) is 6.54 Å². The molecule has 0 saturated carbocycles. The summed E-state index contributed by atoms with van der Waals surface area (Å²) in [5, 5.41) is 13.2. The molecule has 0 aliphatic carbocycles. The van der Waals surface area contributed by atoms with E-state index in [2.05, 4.69) is 29.7 Å². The number of hydrogen-bond donors (Lipinski definition) is 2. The Morgan fingerprint density at radius 1 is 1.05 bits per heavy atom. The Morgan fingerprint density at radius 2 is 1.90 bits per heavy atom. The fourth-order valence-corrected chi connectivity index (χ4v) is 3.17. The summed E-state index contributed by atoms with van der Waals surface area (Å²) in [4.78, 5) is 1.16. The van der Waals surface area contributed by atoms with Crippen LogP contribution >= 0.6 is 11.3 Å². The van der Waals surface area contributed by atoms with Crippen LogP contribution in [0.15, 0.2) is 60.0 Å². The summed E-state index contributed by atoms with van der Waals surface area (Å²) < 4.78 is 6.23. The molecule has 0 amide bonds. The predicted octanol–water partition coefficient (Wildman–Crippen LogP) is 4.39. The first kappa shape index (κ1) is 14.1. The maximum atomic E-state index is 8.85. The molecule has 3 nitrogen and oxygen atoms in total. The van der Waals surface area contributed by atoms with Gasteiger partial charge in [0.2, 0.25) is 0 Å². The van der Waals surface area contributed by atoms with Crippen LogP contribution in [0.1, 0.15) is 17.4 Å². The molecule has 0 bridgehead atoms. The van der Waals surface area contributed by atoms with Crippen molar-refractivity contribution >= 4 is 22.1 Å². The highest BCUT2D eigenvalue weighted by Crippen LogP contribution is 2.32. The normalized spacial score (nSPS) is 12.4. The van der Waals surface area contributed by atoms with Gasteiger partial charge in [-0.2, -0.15) is 0 Å². The maximum Gasteiger partial charge on any atom is 0.134 e. The highest BCUT2D eigenvalue weighted by Gasteiger charge is 2.15. The molecule has 0 spiro atoms. The van der Waals surface area contributed by atoms with Gasteiger partial charge in [0.25, 0.3) is 0 Å². The standard InChI is InChI=1S/C17H17NO2S/c19-18-11-10-16(17-9-4-12-21-17)20-15-8-3-6-13-5-1-2-7-14(13)15/h1-9,12,16,18-19H,10-11H2. The molecule has 0 radical (unpaired) electrons. The summed E-state index contributed by atoms with van der Waals surface area (Å²) in [6, 6.07) is 18.4. The quantitative estimate of drug-likeness (QED) is 0.663.